The molecule has 0 spiro atoms. The van der Waals surface area contributed by atoms with Crippen molar-refractivity contribution in [2.24, 2.45) is 0 Å². The van der Waals surface area contributed by atoms with Crippen molar-refractivity contribution in [1.29, 1.82) is 5.26 Å². The van der Waals surface area contributed by atoms with Gasteiger partial charge in [0.1, 0.15) is 30.3 Å². The van der Waals surface area contributed by atoms with Crippen LogP contribution in [0.25, 0.3) is 5.52 Å². The van der Waals surface area contributed by atoms with E-state index in [-0.39, 0.29) is 24.8 Å². The van der Waals surface area contributed by atoms with Crippen LogP contribution in [0.5, 0.6) is 0 Å². The van der Waals surface area contributed by atoms with Gasteiger partial charge in [-0.05, 0) is 49.1 Å². The zero-order chi connectivity index (χ0) is 23.4. The predicted molar refractivity (Wildman–Crippen MR) is 114 cm³/mol. The second-order valence-corrected chi connectivity index (χ2v) is 7.82. The molecule has 2 unspecified atom stereocenters. The van der Waals surface area contributed by atoms with E-state index in [1.807, 2.05) is 0 Å². The van der Waals surface area contributed by atoms with Gasteiger partial charge in [-0.3, -0.25) is 9.59 Å². The lowest BCUT2D eigenvalue weighted by Crippen LogP contribution is -2.28. The molecule has 2 aromatic heterocycles. The fourth-order valence-electron chi connectivity index (χ4n) is 3.86. The number of hydrogen-bond acceptors (Lipinski definition) is 7. The summed E-state index contributed by atoms with van der Waals surface area (Å²) >= 11 is 0. The van der Waals surface area contributed by atoms with E-state index in [0.717, 1.165) is 5.56 Å². The van der Waals surface area contributed by atoms with Crippen molar-refractivity contribution in [2.75, 3.05) is 11.9 Å². The highest BCUT2D eigenvalue weighted by molar-refractivity contribution is 5.93. The number of halogens is 1. The molecule has 0 saturated carbocycles. The van der Waals surface area contributed by atoms with Gasteiger partial charge in [0.05, 0.1) is 11.8 Å². The van der Waals surface area contributed by atoms with E-state index in [0.29, 0.717) is 36.3 Å². The molecular weight excluding hydrogens is 429 g/mol. The van der Waals surface area contributed by atoms with Crippen LogP contribution in [0, 0.1) is 17.1 Å². The number of fused-ring (bicyclic) bond motifs is 1. The third kappa shape index (κ3) is 4.83. The standard InChI is InChI=1S/C23H22FN5O4/c1-15(30)32-12-18-10-11-23(13-25,33-18)20-8-7-19-22(26-14-27-29(19)20)28-21(31)9-4-16-2-5-17(24)6-3-16/h2-3,5-8,14,18H,4,9-12H2,1H3,(H,26,27,28,31). The topological polar surface area (TPSA) is 119 Å². The number of anilines is 1. The lowest BCUT2D eigenvalue weighted by atomic mass is 9.98. The minimum absolute atomic E-state index is 0.0758. The molecule has 1 amide bonds. The number of carbonyl (C=O) groups is 2. The van der Waals surface area contributed by atoms with Crippen LogP contribution in [-0.2, 0) is 31.1 Å². The molecule has 4 rings (SSSR count). The summed E-state index contributed by atoms with van der Waals surface area (Å²) in [5.41, 5.74) is 0.621. The summed E-state index contributed by atoms with van der Waals surface area (Å²) in [6.45, 7) is 1.39. The quantitative estimate of drug-likeness (QED) is 0.549. The van der Waals surface area contributed by atoms with Crippen LogP contribution >= 0.6 is 0 Å². The molecule has 33 heavy (non-hydrogen) atoms. The van der Waals surface area contributed by atoms with Crippen LogP contribution in [0.3, 0.4) is 0 Å². The highest BCUT2D eigenvalue weighted by Gasteiger charge is 2.45. The van der Waals surface area contributed by atoms with E-state index in [1.54, 1.807) is 24.3 Å². The Morgan fingerprint density at radius 2 is 2.12 bits per heavy atom. The predicted octanol–water partition coefficient (Wildman–Crippen LogP) is 2.90. The number of nitrogens with one attached hydrogen (secondary N) is 1. The number of aryl methyl sites for hydroxylation is 1. The fraction of sp³-hybridized carbons (Fsp3) is 0.348. The number of esters is 1. The molecule has 0 aliphatic carbocycles. The van der Waals surface area contributed by atoms with Crippen LogP contribution < -0.4 is 5.32 Å². The first-order valence-corrected chi connectivity index (χ1v) is 10.5. The number of ether oxygens (including phenoxy) is 2. The monoisotopic (exact) mass is 451 g/mol. The maximum atomic E-state index is 13.0. The Balaban J connectivity index is 1.49. The molecule has 1 N–H and O–H groups in total. The molecule has 0 radical (unpaired) electrons. The Hall–Kier alpha value is -3.84. The van der Waals surface area contributed by atoms with E-state index >= 15 is 0 Å². The Morgan fingerprint density at radius 1 is 1.33 bits per heavy atom. The third-order valence-electron chi connectivity index (χ3n) is 5.52. The van der Waals surface area contributed by atoms with Gasteiger partial charge >= 0.3 is 5.97 Å². The molecule has 1 fully saturated rings. The summed E-state index contributed by atoms with van der Waals surface area (Å²) in [5, 5.41) is 16.9. The van der Waals surface area contributed by atoms with Gasteiger partial charge < -0.3 is 14.8 Å². The van der Waals surface area contributed by atoms with Gasteiger partial charge in [-0.1, -0.05) is 12.1 Å². The first kappa shape index (κ1) is 22.4. The zero-order valence-electron chi connectivity index (χ0n) is 18.0. The van der Waals surface area contributed by atoms with Crippen molar-refractivity contribution in [2.45, 2.75) is 44.3 Å². The minimum Gasteiger partial charge on any atom is -0.463 e. The number of nitriles is 1. The van der Waals surface area contributed by atoms with E-state index in [2.05, 4.69) is 21.5 Å². The number of aromatic nitrogens is 3. The van der Waals surface area contributed by atoms with Crippen molar-refractivity contribution in [3.8, 4) is 6.07 Å². The first-order valence-electron chi connectivity index (χ1n) is 10.5. The van der Waals surface area contributed by atoms with Gasteiger partial charge in [0.2, 0.25) is 5.91 Å². The Morgan fingerprint density at radius 3 is 2.85 bits per heavy atom. The van der Waals surface area contributed by atoms with E-state index in [9.17, 15) is 19.2 Å². The molecule has 3 aromatic rings. The second kappa shape index (κ2) is 9.34. The Labute approximate surface area is 189 Å². The largest absolute Gasteiger partial charge is 0.463 e. The van der Waals surface area contributed by atoms with E-state index in [4.69, 9.17) is 9.47 Å². The van der Waals surface area contributed by atoms with Crippen molar-refractivity contribution in [3.63, 3.8) is 0 Å². The van der Waals surface area contributed by atoms with Crippen LogP contribution in [0.15, 0.2) is 42.7 Å². The van der Waals surface area contributed by atoms with Gasteiger partial charge in [0, 0.05) is 13.3 Å². The Kier molecular flexibility index (Phi) is 6.33. The summed E-state index contributed by atoms with van der Waals surface area (Å²) in [5.74, 6) is -0.678. The maximum absolute atomic E-state index is 13.0. The molecule has 170 valence electrons. The molecule has 2 atom stereocenters. The van der Waals surface area contributed by atoms with Crippen molar-refractivity contribution in [3.05, 3.63) is 59.8 Å². The summed E-state index contributed by atoms with van der Waals surface area (Å²) in [6.07, 6.45) is 2.50. The normalized spacial score (nSPS) is 19.8. The molecule has 0 bridgehead atoms. The summed E-state index contributed by atoms with van der Waals surface area (Å²) in [7, 11) is 0. The number of rotatable bonds is 7. The summed E-state index contributed by atoms with van der Waals surface area (Å²) in [4.78, 5) is 27.7. The van der Waals surface area contributed by atoms with Crippen LogP contribution in [-0.4, -0.2) is 39.2 Å². The fourth-order valence-corrected chi connectivity index (χ4v) is 3.86. The summed E-state index contributed by atoms with van der Waals surface area (Å²) < 4.78 is 25.6. The molecule has 3 heterocycles. The minimum atomic E-state index is -1.25. The SMILES string of the molecule is CC(=O)OCC1CCC(C#N)(c2ccc3c(NC(=O)CCc4ccc(F)cc4)ncnn23)O1. The van der Waals surface area contributed by atoms with Crippen molar-refractivity contribution < 1.29 is 23.5 Å². The molecule has 1 aliphatic rings. The molecule has 10 heteroatoms. The lowest BCUT2D eigenvalue weighted by Gasteiger charge is -2.21. The molecule has 1 aliphatic heterocycles. The average Bonchev–Trinajstić information content (AvgIpc) is 3.43. The van der Waals surface area contributed by atoms with Crippen LogP contribution in [0.4, 0.5) is 10.2 Å². The molecule has 1 aromatic carbocycles. The number of benzene rings is 1. The smallest absolute Gasteiger partial charge is 0.302 e. The van der Waals surface area contributed by atoms with Gasteiger partial charge in [0.15, 0.2) is 11.4 Å². The van der Waals surface area contributed by atoms with Crippen molar-refractivity contribution >= 4 is 23.2 Å². The second-order valence-electron chi connectivity index (χ2n) is 7.82. The van der Waals surface area contributed by atoms with E-state index < -0.39 is 17.7 Å². The zero-order valence-corrected chi connectivity index (χ0v) is 18.0. The van der Waals surface area contributed by atoms with Gasteiger partial charge in [0.25, 0.3) is 0 Å². The lowest BCUT2D eigenvalue weighted by molar-refractivity contribution is -0.146. The summed E-state index contributed by atoms with van der Waals surface area (Å²) in [6, 6.07) is 11.7. The van der Waals surface area contributed by atoms with Crippen molar-refractivity contribution in [1.82, 2.24) is 14.6 Å². The highest BCUT2D eigenvalue weighted by atomic mass is 19.1. The first-order chi connectivity index (χ1) is 15.9. The van der Waals surface area contributed by atoms with Gasteiger partial charge in [-0.25, -0.2) is 13.9 Å². The van der Waals surface area contributed by atoms with E-state index in [1.165, 1.54) is 29.9 Å². The van der Waals surface area contributed by atoms with Gasteiger partial charge in [-0.15, -0.1) is 0 Å². The molecular formula is C23H22FN5O4. The third-order valence-corrected chi connectivity index (χ3v) is 5.52. The highest BCUT2D eigenvalue weighted by Crippen LogP contribution is 2.40. The number of carbonyl (C=O) groups excluding carboxylic acids is 2. The number of amides is 1. The van der Waals surface area contributed by atoms with Crippen LogP contribution in [0.1, 0.15) is 37.4 Å². The Bertz CT molecular complexity index is 1220. The van der Waals surface area contributed by atoms with Crippen LogP contribution in [0.2, 0.25) is 0 Å². The number of nitrogens with zero attached hydrogens (tertiary/aromatic N) is 4. The molecule has 9 nitrogen and oxygen atoms in total. The van der Waals surface area contributed by atoms with Gasteiger partial charge in [-0.2, -0.15) is 10.4 Å². The number of hydrogen-bond donors (Lipinski definition) is 1. The molecule has 1 saturated heterocycles. The maximum Gasteiger partial charge on any atom is 0.302 e. The average molecular weight is 451 g/mol.